The molecule has 2 amide bonds. The highest BCUT2D eigenvalue weighted by Crippen LogP contribution is 2.59. The van der Waals surface area contributed by atoms with E-state index in [9.17, 15) is 19.5 Å². The van der Waals surface area contributed by atoms with Crippen LogP contribution in [0.1, 0.15) is 40.0 Å². The van der Waals surface area contributed by atoms with Crippen molar-refractivity contribution < 1.29 is 19.5 Å². The van der Waals surface area contributed by atoms with Gasteiger partial charge in [-0.25, -0.2) is 9.88 Å². The Labute approximate surface area is 203 Å². The fraction of sp³-hybridized carbons (Fsp3) is 0.333. The van der Waals surface area contributed by atoms with Crippen molar-refractivity contribution >= 4 is 23.5 Å². The standard InChI is InChI=1S/C27H26N4O4/c1-25-14-26(2,16-27(3,15-25)24(34)35)23(33)31(22(25)32)17-12-20(18-8-4-6-10-28-18)30-21(13-17)19-9-5-7-11-29-19/h4-13H,14-16H2,1-3H3,(H,34,35)/t25-,26+,27?. The van der Waals surface area contributed by atoms with Gasteiger partial charge in [0, 0.05) is 23.2 Å². The molecule has 1 saturated carbocycles. The highest BCUT2D eigenvalue weighted by Gasteiger charge is 2.63. The van der Waals surface area contributed by atoms with E-state index in [4.69, 9.17) is 4.98 Å². The molecule has 1 aliphatic carbocycles. The van der Waals surface area contributed by atoms with E-state index in [1.54, 1.807) is 57.4 Å². The first kappa shape index (κ1) is 22.8. The summed E-state index contributed by atoms with van der Waals surface area (Å²) in [4.78, 5) is 54.6. The first-order valence-electron chi connectivity index (χ1n) is 11.5. The zero-order chi connectivity index (χ0) is 25.0. The third-order valence-electron chi connectivity index (χ3n) is 7.22. The Kier molecular flexibility index (Phi) is 5.09. The summed E-state index contributed by atoms with van der Waals surface area (Å²) in [7, 11) is 0. The van der Waals surface area contributed by atoms with E-state index < -0.39 is 34.0 Å². The van der Waals surface area contributed by atoms with Gasteiger partial charge in [0.1, 0.15) is 0 Å². The fourth-order valence-electron chi connectivity index (χ4n) is 6.03. The second-order valence-corrected chi connectivity index (χ2v) is 10.5. The molecule has 1 unspecified atom stereocenters. The maximum Gasteiger partial charge on any atom is 0.309 e. The van der Waals surface area contributed by atoms with Gasteiger partial charge in [-0.3, -0.25) is 24.4 Å². The molecule has 8 nitrogen and oxygen atoms in total. The van der Waals surface area contributed by atoms with Crippen LogP contribution in [0.25, 0.3) is 22.8 Å². The van der Waals surface area contributed by atoms with Crippen LogP contribution in [0.5, 0.6) is 0 Å². The van der Waals surface area contributed by atoms with E-state index in [1.807, 2.05) is 24.3 Å². The number of imide groups is 1. The molecular weight excluding hydrogens is 444 g/mol. The second kappa shape index (κ2) is 7.80. The average Bonchev–Trinajstić information content (AvgIpc) is 2.83. The van der Waals surface area contributed by atoms with E-state index in [2.05, 4.69) is 9.97 Å². The summed E-state index contributed by atoms with van der Waals surface area (Å²) in [6, 6.07) is 14.3. The SMILES string of the molecule is CC1(C(=O)O)C[C@@]2(C)C[C@@](C)(C1)C(=O)N(c1cc(-c3ccccn3)nc(-c3ccccn3)c1)C2=O. The number of carbonyl (C=O) groups is 3. The largest absolute Gasteiger partial charge is 0.481 e. The lowest BCUT2D eigenvalue weighted by atomic mass is 9.52. The van der Waals surface area contributed by atoms with Crippen LogP contribution in [-0.4, -0.2) is 37.8 Å². The summed E-state index contributed by atoms with van der Waals surface area (Å²) in [6.45, 7) is 5.17. The van der Waals surface area contributed by atoms with E-state index in [0.29, 0.717) is 34.9 Å². The molecule has 178 valence electrons. The topological polar surface area (TPSA) is 113 Å². The first-order valence-corrected chi connectivity index (χ1v) is 11.5. The Morgan fingerprint density at radius 3 is 1.69 bits per heavy atom. The number of rotatable bonds is 4. The van der Waals surface area contributed by atoms with Crippen molar-refractivity contribution in [1.82, 2.24) is 15.0 Å². The Hall–Kier alpha value is -3.94. The van der Waals surface area contributed by atoms with Gasteiger partial charge in [0.05, 0.1) is 33.9 Å². The maximum atomic E-state index is 13.9. The Morgan fingerprint density at radius 1 is 0.800 bits per heavy atom. The smallest absolute Gasteiger partial charge is 0.309 e. The lowest BCUT2D eigenvalue weighted by Gasteiger charge is -2.55. The number of aromatic nitrogens is 3. The summed E-state index contributed by atoms with van der Waals surface area (Å²) >= 11 is 0. The number of carbonyl (C=O) groups excluding carboxylic acids is 2. The summed E-state index contributed by atoms with van der Waals surface area (Å²) < 4.78 is 0. The van der Waals surface area contributed by atoms with Gasteiger partial charge < -0.3 is 5.11 Å². The fourth-order valence-corrected chi connectivity index (χ4v) is 6.03. The number of carboxylic acid groups (broad SMARTS) is 1. The van der Waals surface area contributed by atoms with Crippen LogP contribution in [0.2, 0.25) is 0 Å². The van der Waals surface area contributed by atoms with Gasteiger partial charge in [-0.15, -0.1) is 0 Å². The molecule has 2 fully saturated rings. The van der Waals surface area contributed by atoms with E-state index in [0.717, 1.165) is 0 Å². The van der Waals surface area contributed by atoms with Crippen LogP contribution in [0.4, 0.5) is 5.69 Å². The molecule has 0 spiro atoms. The van der Waals surface area contributed by atoms with Crippen molar-refractivity contribution in [2.45, 2.75) is 40.0 Å². The minimum atomic E-state index is -1.16. The quantitative estimate of drug-likeness (QED) is 0.563. The molecule has 3 atom stereocenters. The molecular formula is C27H26N4O4. The number of carboxylic acids is 1. The van der Waals surface area contributed by atoms with Gasteiger partial charge >= 0.3 is 5.97 Å². The maximum absolute atomic E-state index is 13.9. The number of aliphatic carboxylic acids is 1. The average molecular weight is 471 g/mol. The summed E-state index contributed by atoms with van der Waals surface area (Å²) in [6.07, 6.45) is 3.96. The molecule has 0 aromatic carbocycles. The molecule has 2 aliphatic rings. The van der Waals surface area contributed by atoms with Crippen molar-refractivity contribution in [3.05, 3.63) is 60.9 Å². The summed E-state index contributed by atoms with van der Waals surface area (Å²) in [5.74, 6) is -1.77. The van der Waals surface area contributed by atoms with Gasteiger partial charge in [0.15, 0.2) is 0 Å². The second-order valence-electron chi connectivity index (χ2n) is 10.5. The van der Waals surface area contributed by atoms with Crippen LogP contribution in [0, 0.1) is 16.2 Å². The van der Waals surface area contributed by atoms with Crippen LogP contribution in [0.15, 0.2) is 60.9 Å². The molecule has 3 aromatic rings. The Morgan fingerprint density at radius 2 is 1.29 bits per heavy atom. The number of hydrogen-bond acceptors (Lipinski definition) is 6. The highest BCUT2D eigenvalue weighted by molar-refractivity contribution is 6.21. The van der Waals surface area contributed by atoms with Crippen molar-refractivity contribution in [1.29, 1.82) is 0 Å². The van der Waals surface area contributed by atoms with Crippen LogP contribution >= 0.6 is 0 Å². The molecule has 0 radical (unpaired) electrons. The molecule has 3 aromatic heterocycles. The third kappa shape index (κ3) is 3.69. The van der Waals surface area contributed by atoms with E-state index in [1.165, 1.54) is 4.90 Å². The third-order valence-corrected chi connectivity index (χ3v) is 7.22. The minimum absolute atomic E-state index is 0.165. The monoisotopic (exact) mass is 470 g/mol. The predicted molar refractivity (Wildman–Crippen MR) is 129 cm³/mol. The number of anilines is 1. The molecule has 5 rings (SSSR count). The van der Waals surface area contributed by atoms with Gasteiger partial charge in [0.25, 0.3) is 0 Å². The molecule has 8 heteroatoms. The molecule has 35 heavy (non-hydrogen) atoms. The normalized spacial score (nSPS) is 28.1. The van der Waals surface area contributed by atoms with Crippen molar-refractivity contribution in [2.75, 3.05) is 4.90 Å². The lowest BCUT2D eigenvalue weighted by molar-refractivity contribution is -0.167. The van der Waals surface area contributed by atoms with Crippen LogP contribution in [0.3, 0.4) is 0 Å². The summed E-state index contributed by atoms with van der Waals surface area (Å²) in [5, 5.41) is 9.90. The Bertz CT molecular complexity index is 1260. The predicted octanol–water partition coefficient (Wildman–Crippen LogP) is 4.37. The van der Waals surface area contributed by atoms with E-state index in [-0.39, 0.29) is 12.8 Å². The van der Waals surface area contributed by atoms with Gasteiger partial charge in [-0.05, 0) is 62.6 Å². The number of nitrogens with zero attached hydrogens (tertiary/aromatic N) is 4. The number of fused-ring (bicyclic) bond motifs is 2. The zero-order valence-electron chi connectivity index (χ0n) is 19.9. The minimum Gasteiger partial charge on any atom is -0.481 e. The number of amides is 2. The van der Waals surface area contributed by atoms with Crippen molar-refractivity contribution in [3.8, 4) is 22.8 Å². The van der Waals surface area contributed by atoms with Crippen molar-refractivity contribution in [3.63, 3.8) is 0 Å². The molecule has 2 bridgehead atoms. The first-order chi connectivity index (χ1) is 16.5. The Balaban J connectivity index is 1.67. The van der Waals surface area contributed by atoms with Crippen LogP contribution < -0.4 is 4.90 Å². The van der Waals surface area contributed by atoms with Gasteiger partial charge in [-0.2, -0.15) is 0 Å². The van der Waals surface area contributed by atoms with Crippen molar-refractivity contribution in [2.24, 2.45) is 16.2 Å². The zero-order valence-corrected chi connectivity index (χ0v) is 19.9. The van der Waals surface area contributed by atoms with Crippen LogP contribution in [-0.2, 0) is 14.4 Å². The molecule has 1 saturated heterocycles. The number of hydrogen-bond donors (Lipinski definition) is 1. The van der Waals surface area contributed by atoms with E-state index >= 15 is 0 Å². The number of pyridine rings is 3. The van der Waals surface area contributed by atoms with Gasteiger partial charge in [-0.1, -0.05) is 26.0 Å². The highest BCUT2D eigenvalue weighted by atomic mass is 16.4. The number of piperidine rings is 1. The lowest BCUT2D eigenvalue weighted by Crippen LogP contribution is -2.64. The summed E-state index contributed by atoms with van der Waals surface area (Å²) in [5.41, 5.74) is -0.556. The molecule has 1 N–H and O–H groups in total. The molecule has 1 aliphatic heterocycles. The molecule has 4 heterocycles. The van der Waals surface area contributed by atoms with Gasteiger partial charge in [0.2, 0.25) is 11.8 Å².